The third kappa shape index (κ3) is 2.66. The first-order valence-corrected chi connectivity index (χ1v) is 5.99. The molecule has 0 aliphatic heterocycles. The molecule has 0 bridgehead atoms. The van der Waals surface area contributed by atoms with Gasteiger partial charge in [-0.25, -0.2) is 0 Å². The van der Waals surface area contributed by atoms with Gasteiger partial charge in [-0.2, -0.15) is 5.26 Å². The molecule has 0 saturated heterocycles. The number of rotatable bonds is 4. The summed E-state index contributed by atoms with van der Waals surface area (Å²) in [6.07, 6.45) is 1.50. The lowest BCUT2D eigenvalue weighted by atomic mass is 9.99. The van der Waals surface area contributed by atoms with Crippen LogP contribution in [0.4, 0.5) is 0 Å². The van der Waals surface area contributed by atoms with Gasteiger partial charge in [0, 0.05) is 0 Å². The minimum Gasteiger partial charge on any atom is -0.292 e. The Balaban J connectivity index is 2.79. The molecular formula is C10H10BrNOS. The van der Waals surface area contributed by atoms with Gasteiger partial charge in [-0.3, -0.25) is 4.79 Å². The molecule has 4 heteroatoms. The van der Waals surface area contributed by atoms with Crippen molar-refractivity contribution in [2.45, 2.75) is 19.8 Å². The third-order valence-electron chi connectivity index (χ3n) is 1.87. The standard InChI is InChI=1S/C10H10BrNOS/c1-2-3-7(6-12)10(13)8-4-5-9(11)14-8/h4-5,7H,2-3H2,1H3. The van der Waals surface area contributed by atoms with Gasteiger partial charge in [0.05, 0.1) is 14.7 Å². The molecule has 1 rings (SSSR count). The zero-order chi connectivity index (χ0) is 10.6. The molecule has 0 radical (unpaired) electrons. The van der Waals surface area contributed by atoms with Crippen molar-refractivity contribution in [1.29, 1.82) is 5.26 Å². The molecule has 1 unspecified atom stereocenters. The monoisotopic (exact) mass is 271 g/mol. The van der Waals surface area contributed by atoms with Crippen molar-refractivity contribution in [2.24, 2.45) is 5.92 Å². The molecule has 1 atom stereocenters. The fourth-order valence-electron chi connectivity index (χ4n) is 1.16. The first-order chi connectivity index (χ1) is 6.69. The molecule has 0 aliphatic carbocycles. The smallest absolute Gasteiger partial charge is 0.189 e. The highest BCUT2D eigenvalue weighted by atomic mass is 79.9. The lowest BCUT2D eigenvalue weighted by molar-refractivity contribution is 0.0947. The Hall–Kier alpha value is -0.660. The zero-order valence-corrected chi connectivity index (χ0v) is 10.2. The number of nitriles is 1. The molecule has 0 aliphatic rings. The van der Waals surface area contributed by atoms with E-state index in [1.54, 1.807) is 6.07 Å². The second kappa shape index (κ2) is 5.28. The summed E-state index contributed by atoms with van der Waals surface area (Å²) < 4.78 is 0.925. The average molecular weight is 272 g/mol. The summed E-state index contributed by atoms with van der Waals surface area (Å²) in [6, 6.07) is 5.64. The first kappa shape index (κ1) is 11.4. The van der Waals surface area contributed by atoms with Crippen molar-refractivity contribution >= 4 is 33.0 Å². The van der Waals surface area contributed by atoms with E-state index < -0.39 is 5.92 Å². The Morgan fingerprint density at radius 2 is 2.43 bits per heavy atom. The van der Waals surface area contributed by atoms with Crippen molar-refractivity contribution in [3.05, 3.63) is 20.8 Å². The highest BCUT2D eigenvalue weighted by molar-refractivity contribution is 9.11. The SMILES string of the molecule is CCCC(C#N)C(=O)c1ccc(Br)s1. The predicted octanol–water partition coefficient (Wildman–Crippen LogP) is 3.63. The van der Waals surface area contributed by atoms with E-state index in [1.807, 2.05) is 13.0 Å². The molecule has 14 heavy (non-hydrogen) atoms. The van der Waals surface area contributed by atoms with Gasteiger partial charge in [0.15, 0.2) is 5.78 Å². The van der Waals surface area contributed by atoms with E-state index in [2.05, 4.69) is 22.0 Å². The number of ketones is 1. The molecule has 74 valence electrons. The fourth-order valence-corrected chi connectivity index (χ4v) is 2.54. The van der Waals surface area contributed by atoms with Crippen LogP contribution in [-0.2, 0) is 0 Å². The van der Waals surface area contributed by atoms with Gasteiger partial charge in [-0.05, 0) is 34.5 Å². The number of halogens is 1. The van der Waals surface area contributed by atoms with Crippen molar-refractivity contribution < 1.29 is 4.79 Å². The molecule has 0 saturated carbocycles. The van der Waals surface area contributed by atoms with Crippen LogP contribution in [0.3, 0.4) is 0 Å². The maximum atomic E-state index is 11.7. The van der Waals surface area contributed by atoms with Crippen molar-refractivity contribution in [3.63, 3.8) is 0 Å². The fraction of sp³-hybridized carbons (Fsp3) is 0.400. The van der Waals surface area contributed by atoms with Crippen LogP contribution in [0.5, 0.6) is 0 Å². The number of thiophene rings is 1. The molecule has 1 heterocycles. The van der Waals surface area contributed by atoms with Gasteiger partial charge in [-0.1, -0.05) is 13.3 Å². The second-order valence-electron chi connectivity index (χ2n) is 2.94. The zero-order valence-electron chi connectivity index (χ0n) is 7.79. The van der Waals surface area contributed by atoms with Crippen LogP contribution in [0.1, 0.15) is 29.4 Å². The Kier molecular flexibility index (Phi) is 4.30. The van der Waals surface area contributed by atoms with Gasteiger partial charge < -0.3 is 0 Å². The van der Waals surface area contributed by atoms with Crippen molar-refractivity contribution in [3.8, 4) is 6.07 Å². The molecule has 0 amide bonds. The number of hydrogen-bond acceptors (Lipinski definition) is 3. The van der Waals surface area contributed by atoms with Crippen molar-refractivity contribution in [1.82, 2.24) is 0 Å². The summed E-state index contributed by atoms with van der Waals surface area (Å²) in [6.45, 7) is 1.97. The van der Waals surface area contributed by atoms with Crippen LogP contribution in [-0.4, -0.2) is 5.78 Å². The van der Waals surface area contributed by atoms with Crippen LogP contribution in [0.2, 0.25) is 0 Å². The predicted molar refractivity (Wildman–Crippen MR) is 60.4 cm³/mol. The summed E-state index contributed by atoms with van der Waals surface area (Å²) in [5.41, 5.74) is 0. The Morgan fingerprint density at radius 3 is 2.86 bits per heavy atom. The molecule has 2 nitrogen and oxygen atoms in total. The van der Waals surface area contributed by atoms with E-state index in [4.69, 9.17) is 5.26 Å². The van der Waals surface area contributed by atoms with Crippen LogP contribution >= 0.6 is 27.3 Å². The van der Waals surface area contributed by atoms with E-state index in [0.717, 1.165) is 10.2 Å². The minimum atomic E-state index is -0.481. The maximum Gasteiger partial charge on any atom is 0.189 e. The van der Waals surface area contributed by atoms with Crippen LogP contribution in [0.15, 0.2) is 15.9 Å². The normalized spacial score (nSPS) is 12.1. The van der Waals surface area contributed by atoms with E-state index in [0.29, 0.717) is 11.3 Å². The van der Waals surface area contributed by atoms with E-state index in [-0.39, 0.29) is 5.78 Å². The Morgan fingerprint density at radius 1 is 1.71 bits per heavy atom. The van der Waals surface area contributed by atoms with E-state index >= 15 is 0 Å². The summed E-state index contributed by atoms with van der Waals surface area (Å²) in [7, 11) is 0. The van der Waals surface area contributed by atoms with Crippen LogP contribution < -0.4 is 0 Å². The van der Waals surface area contributed by atoms with Gasteiger partial charge in [-0.15, -0.1) is 11.3 Å². The first-order valence-electron chi connectivity index (χ1n) is 4.38. The number of carbonyl (C=O) groups is 1. The van der Waals surface area contributed by atoms with Gasteiger partial charge in [0.2, 0.25) is 0 Å². The quantitative estimate of drug-likeness (QED) is 0.785. The van der Waals surface area contributed by atoms with Gasteiger partial charge in [0.1, 0.15) is 5.92 Å². The summed E-state index contributed by atoms with van der Waals surface area (Å²) >= 11 is 4.68. The summed E-state index contributed by atoms with van der Waals surface area (Å²) in [4.78, 5) is 12.4. The Labute approximate surface area is 95.7 Å². The maximum absolute atomic E-state index is 11.7. The lowest BCUT2D eigenvalue weighted by Crippen LogP contribution is -2.10. The van der Waals surface area contributed by atoms with Gasteiger partial charge >= 0.3 is 0 Å². The van der Waals surface area contributed by atoms with Crippen molar-refractivity contribution in [2.75, 3.05) is 0 Å². The van der Waals surface area contributed by atoms with E-state index in [9.17, 15) is 4.79 Å². The molecule has 0 aromatic carbocycles. The van der Waals surface area contributed by atoms with Crippen LogP contribution in [0.25, 0.3) is 0 Å². The van der Waals surface area contributed by atoms with E-state index in [1.165, 1.54) is 11.3 Å². The summed E-state index contributed by atoms with van der Waals surface area (Å²) in [5.74, 6) is -0.532. The highest BCUT2D eigenvalue weighted by Crippen LogP contribution is 2.25. The molecular weight excluding hydrogens is 262 g/mol. The number of nitrogens with zero attached hydrogens (tertiary/aromatic N) is 1. The molecule has 0 fully saturated rings. The largest absolute Gasteiger partial charge is 0.292 e. The van der Waals surface area contributed by atoms with Gasteiger partial charge in [0.25, 0.3) is 0 Å². The molecule has 0 spiro atoms. The lowest BCUT2D eigenvalue weighted by Gasteiger charge is -2.03. The topological polar surface area (TPSA) is 40.9 Å². The minimum absolute atomic E-state index is 0.0509. The highest BCUT2D eigenvalue weighted by Gasteiger charge is 2.19. The molecule has 1 aromatic heterocycles. The third-order valence-corrected chi connectivity index (χ3v) is 3.50. The Bertz CT molecular complexity index is 366. The number of hydrogen-bond donors (Lipinski definition) is 0. The number of carbonyl (C=O) groups excluding carboxylic acids is 1. The molecule has 1 aromatic rings. The summed E-state index contributed by atoms with van der Waals surface area (Å²) in [5, 5.41) is 8.82. The average Bonchev–Trinajstić information content (AvgIpc) is 2.60. The van der Waals surface area contributed by atoms with Crippen LogP contribution in [0, 0.1) is 17.2 Å². The molecule has 0 N–H and O–H groups in total. The second-order valence-corrected chi connectivity index (χ2v) is 5.40. The number of Topliss-reactive ketones (excluding diaryl/α,β-unsaturated/α-hetero) is 1.